The van der Waals surface area contributed by atoms with E-state index >= 15 is 0 Å². The maximum Gasteiger partial charge on any atom is 0.106 e. The molecule has 0 N–H and O–H groups in total. The van der Waals surface area contributed by atoms with Crippen LogP contribution in [0.5, 0.6) is 0 Å². The molecule has 2 heterocycles. The van der Waals surface area contributed by atoms with Gasteiger partial charge in [-0.2, -0.15) is 0 Å². The third kappa shape index (κ3) is 3.03. The summed E-state index contributed by atoms with van der Waals surface area (Å²) in [6, 6.07) is 4.63. The summed E-state index contributed by atoms with van der Waals surface area (Å²) in [6.07, 6.45) is 2.18. The van der Waals surface area contributed by atoms with E-state index in [1.807, 2.05) is 6.20 Å². The summed E-state index contributed by atoms with van der Waals surface area (Å²) in [4.78, 5) is 6.59. The smallest absolute Gasteiger partial charge is 0.106 e. The van der Waals surface area contributed by atoms with Gasteiger partial charge in [0.15, 0.2) is 0 Å². The second kappa shape index (κ2) is 5.25. The number of pyridine rings is 1. The normalized spacial score (nSPS) is 26.9. The molecular weight excluding hydrogens is 268 g/mol. The van der Waals surface area contributed by atoms with E-state index in [1.54, 1.807) is 0 Å². The van der Waals surface area contributed by atoms with Crippen LogP contribution in [0.3, 0.4) is 0 Å². The molecule has 3 nitrogen and oxygen atoms in total. The lowest BCUT2D eigenvalue weighted by Gasteiger charge is -2.36. The molecule has 2 atom stereocenters. The van der Waals surface area contributed by atoms with E-state index in [4.69, 9.17) is 4.74 Å². The molecule has 0 aliphatic carbocycles. The van der Waals surface area contributed by atoms with Gasteiger partial charge in [-0.1, -0.05) is 0 Å². The van der Waals surface area contributed by atoms with Crippen LogP contribution in [-0.2, 0) is 11.3 Å². The number of halogens is 1. The van der Waals surface area contributed by atoms with Crippen molar-refractivity contribution in [3.63, 3.8) is 0 Å². The Kier molecular flexibility index (Phi) is 3.95. The van der Waals surface area contributed by atoms with E-state index in [0.717, 1.165) is 24.3 Å². The SMILES string of the molecule is CC1CN(Cc2ccnc(Br)c2)C(C)CO1. The topological polar surface area (TPSA) is 25.4 Å². The maximum absolute atomic E-state index is 5.62. The second-order valence-electron chi connectivity index (χ2n) is 4.41. The number of hydrogen-bond donors (Lipinski definition) is 0. The van der Waals surface area contributed by atoms with Crippen LogP contribution in [0.4, 0.5) is 0 Å². The van der Waals surface area contributed by atoms with Crippen molar-refractivity contribution in [2.24, 2.45) is 0 Å². The van der Waals surface area contributed by atoms with Crippen LogP contribution in [0.25, 0.3) is 0 Å². The van der Waals surface area contributed by atoms with E-state index in [9.17, 15) is 0 Å². The van der Waals surface area contributed by atoms with Gasteiger partial charge in [0, 0.05) is 25.3 Å². The van der Waals surface area contributed by atoms with Crippen LogP contribution >= 0.6 is 15.9 Å². The lowest BCUT2D eigenvalue weighted by atomic mass is 10.1. The fraction of sp³-hybridized carbons (Fsp3) is 0.583. The highest BCUT2D eigenvalue weighted by Gasteiger charge is 2.23. The first-order chi connectivity index (χ1) is 7.65. The van der Waals surface area contributed by atoms with Gasteiger partial charge in [0.1, 0.15) is 4.60 Å². The van der Waals surface area contributed by atoms with Crippen molar-refractivity contribution in [2.75, 3.05) is 13.2 Å². The number of aromatic nitrogens is 1. The highest BCUT2D eigenvalue weighted by molar-refractivity contribution is 9.10. The molecule has 0 radical (unpaired) electrons. The number of morpholine rings is 1. The quantitative estimate of drug-likeness (QED) is 0.780. The molecule has 0 amide bonds. The largest absolute Gasteiger partial charge is 0.376 e. The summed E-state index contributed by atoms with van der Waals surface area (Å²) >= 11 is 3.40. The molecule has 1 fully saturated rings. The highest BCUT2D eigenvalue weighted by Crippen LogP contribution is 2.16. The molecular formula is C12H17BrN2O. The predicted octanol–water partition coefficient (Wildman–Crippen LogP) is 2.45. The minimum Gasteiger partial charge on any atom is -0.376 e. The Morgan fingerprint density at radius 2 is 2.38 bits per heavy atom. The molecule has 16 heavy (non-hydrogen) atoms. The first-order valence-corrected chi connectivity index (χ1v) is 6.40. The molecule has 0 saturated carbocycles. The van der Waals surface area contributed by atoms with Gasteiger partial charge in [-0.3, -0.25) is 4.90 Å². The molecule has 2 rings (SSSR count). The van der Waals surface area contributed by atoms with Gasteiger partial charge < -0.3 is 4.74 Å². The van der Waals surface area contributed by atoms with Crippen LogP contribution in [0.1, 0.15) is 19.4 Å². The molecule has 1 aromatic heterocycles. The molecule has 1 aliphatic rings. The lowest BCUT2D eigenvalue weighted by molar-refractivity contribution is -0.0526. The van der Waals surface area contributed by atoms with Gasteiger partial charge in [0.05, 0.1) is 12.7 Å². The summed E-state index contributed by atoms with van der Waals surface area (Å²) in [7, 11) is 0. The minimum absolute atomic E-state index is 0.335. The number of ether oxygens (including phenoxy) is 1. The summed E-state index contributed by atoms with van der Waals surface area (Å²) in [5.41, 5.74) is 1.29. The van der Waals surface area contributed by atoms with E-state index in [2.05, 4.69) is 51.8 Å². The zero-order valence-electron chi connectivity index (χ0n) is 9.69. The first-order valence-electron chi connectivity index (χ1n) is 5.61. The standard InChI is InChI=1S/C12H17BrN2O/c1-9-8-16-10(2)6-15(9)7-11-3-4-14-12(13)5-11/h3-5,9-10H,6-8H2,1-2H3. The fourth-order valence-electron chi connectivity index (χ4n) is 1.97. The van der Waals surface area contributed by atoms with Crippen molar-refractivity contribution in [3.8, 4) is 0 Å². The van der Waals surface area contributed by atoms with Gasteiger partial charge in [0.2, 0.25) is 0 Å². The Balaban J connectivity index is 2.02. The predicted molar refractivity (Wildman–Crippen MR) is 67.2 cm³/mol. The average molecular weight is 285 g/mol. The molecule has 4 heteroatoms. The first kappa shape index (κ1) is 12.0. The zero-order valence-corrected chi connectivity index (χ0v) is 11.3. The van der Waals surface area contributed by atoms with E-state index in [0.29, 0.717) is 12.1 Å². The van der Waals surface area contributed by atoms with Crippen molar-refractivity contribution in [3.05, 3.63) is 28.5 Å². The fourth-order valence-corrected chi connectivity index (χ4v) is 2.38. The summed E-state index contributed by atoms with van der Waals surface area (Å²) < 4.78 is 6.52. The van der Waals surface area contributed by atoms with Gasteiger partial charge >= 0.3 is 0 Å². The van der Waals surface area contributed by atoms with Crippen molar-refractivity contribution < 1.29 is 4.74 Å². The Hall–Kier alpha value is -0.450. The molecule has 1 saturated heterocycles. The van der Waals surface area contributed by atoms with Gasteiger partial charge in [-0.05, 0) is 47.5 Å². The molecule has 0 aromatic carbocycles. The molecule has 0 spiro atoms. The van der Waals surface area contributed by atoms with Crippen LogP contribution in [-0.4, -0.2) is 35.2 Å². The Morgan fingerprint density at radius 1 is 1.56 bits per heavy atom. The number of nitrogens with zero attached hydrogens (tertiary/aromatic N) is 2. The van der Waals surface area contributed by atoms with Gasteiger partial charge in [-0.25, -0.2) is 4.98 Å². The lowest BCUT2D eigenvalue weighted by Crippen LogP contribution is -2.46. The van der Waals surface area contributed by atoms with Crippen LogP contribution in [0.2, 0.25) is 0 Å². The monoisotopic (exact) mass is 284 g/mol. The molecule has 88 valence electrons. The van der Waals surface area contributed by atoms with E-state index in [1.165, 1.54) is 5.56 Å². The molecule has 2 unspecified atom stereocenters. The zero-order chi connectivity index (χ0) is 11.5. The Morgan fingerprint density at radius 3 is 3.12 bits per heavy atom. The van der Waals surface area contributed by atoms with E-state index in [-0.39, 0.29) is 0 Å². The summed E-state index contributed by atoms with van der Waals surface area (Å²) in [5, 5.41) is 0. The highest BCUT2D eigenvalue weighted by atomic mass is 79.9. The molecule has 1 aliphatic heterocycles. The van der Waals surface area contributed by atoms with Crippen molar-refractivity contribution in [1.82, 2.24) is 9.88 Å². The molecule has 1 aromatic rings. The van der Waals surface area contributed by atoms with Crippen molar-refractivity contribution >= 4 is 15.9 Å². The van der Waals surface area contributed by atoms with E-state index < -0.39 is 0 Å². The van der Waals surface area contributed by atoms with Crippen LogP contribution in [0, 0.1) is 0 Å². The summed E-state index contributed by atoms with van der Waals surface area (Å²) in [5.74, 6) is 0. The van der Waals surface area contributed by atoms with Crippen LogP contribution < -0.4 is 0 Å². The average Bonchev–Trinajstić information content (AvgIpc) is 2.24. The number of hydrogen-bond acceptors (Lipinski definition) is 3. The second-order valence-corrected chi connectivity index (χ2v) is 5.22. The third-order valence-electron chi connectivity index (χ3n) is 2.91. The molecule has 0 bridgehead atoms. The number of rotatable bonds is 2. The third-order valence-corrected chi connectivity index (χ3v) is 3.35. The Bertz CT molecular complexity index is 359. The summed E-state index contributed by atoms with van der Waals surface area (Å²) in [6.45, 7) is 7.13. The van der Waals surface area contributed by atoms with Gasteiger partial charge in [0.25, 0.3) is 0 Å². The van der Waals surface area contributed by atoms with Crippen molar-refractivity contribution in [1.29, 1.82) is 0 Å². The van der Waals surface area contributed by atoms with Crippen molar-refractivity contribution in [2.45, 2.75) is 32.5 Å². The minimum atomic E-state index is 0.335. The van der Waals surface area contributed by atoms with Crippen LogP contribution in [0.15, 0.2) is 22.9 Å². The van der Waals surface area contributed by atoms with Gasteiger partial charge in [-0.15, -0.1) is 0 Å². The Labute approximate surface area is 105 Å². The maximum atomic E-state index is 5.62.